The average Bonchev–Trinajstić information content (AvgIpc) is 2.38. The third-order valence-corrected chi connectivity index (χ3v) is 2.92. The second-order valence-corrected chi connectivity index (χ2v) is 4.00. The van der Waals surface area contributed by atoms with Crippen molar-refractivity contribution in [2.45, 2.75) is 26.2 Å². The monoisotopic (exact) mass is 248 g/mol. The minimum absolute atomic E-state index is 0.0455. The number of nitriles is 1. The number of hydrogen-bond donors (Lipinski definition) is 0. The van der Waals surface area contributed by atoms with Gasteiger partial charge in [-0.1, -0.05) is 12.1 Å². The van der Waals surface area contributed by atoms with Crippen LogP contribution in [0.4, 0.5) is 4.39 Å². The second-order valence-electron chi connectivity index (χ2n) is 4.00. The van der Waals surface area contributed by atoms with Crippen LogP contribution in [0, 0.1) is 17.1 Å². The first-order valence-corrected chi connectivity index (χ1v) is 6.05. The van der Waals surface area contributed by atoms with Crippen LogP contribution in [0.2, 0.25) is 0 Å². The number of rotatable bonds is 5. The molecule has 1 aromatic rings. The van der Waals surface area contributed by atoms with Crippen molar-refractivity contribution in [3.8, 4) is 6.07 Å². The third-order valence-electron chi connectivity index (χ3n) is 2.92. The predicted molar refractivity (Wildman–Crippen MR) is 67.3 cm³/mol. The molecule has 3 nitrogen and oxygen atoms in total. The van der Waals surface area contributed by atoms with E-state index in [2.05, 4.69) is 6.07 Å². The standard InChI is InChI=1S/C14H17FN2O/c1-3-17(4-2)14(18)9-12(10-16)11-5-7-13(15)8-6-11/h5-8,12H,3-4,9H2,1-2H3. The van der Waals surface area contributed by atoms with Crippen LogP contribution in [0.3, 0.4) is 0 Å². The van der Waals surface area contributed by atoms with Crippen LogP contribution in [-0.4, -0.2) is 23.9 Å². The highest BCUT2D eigenvalue weighted by molar-refractivity contribution is 5.77. The summed E-state index contributed by atoms with van der Waals surface area (Å²) in [5.41, 5.74) is 0.680. The van der Waals surface area contributed by atoms with Crippen molar-refractivity contribution in [3.63, 3.8) is 0 Å². The predicted octanol–water partition coefficient (Wildman–Crippen LogP) is 2.69. The summed E-state index contributed by atoms with van der Waals surface area (Å²) in [6.07, 6.45) is 0.143. The minimum atomic E-state index is -0.515. The Labute approximate surface area is 107 Å². The summed E-state index contributed by atoms with van der Waals surface area (Å²) >= 11 is 0. The summed E-state index contributed by atoms with van der Waals surface area (Å²) in [4.78, 5) is 13.6. The molecule has 0 aromatic heterocycles. The van der Waals surface area contributed by atoms with Crippen LogP contribution >= 0.6 is 0 Å². The van der Waals surface area contributed by atoms with Gasteiger partial charge < -0.3 is 4.90 Å². The van der Waals surface area contributed by atoms with Crippen LogP contribution in [0.5, 0.6) is 0 Å². The Balaban J connectivity index is 2.77. The van der Waals surface area contributed by atoms with Gasteiger partial charge in [0.05, 0.1) is 12.0 Å². The molecule has 0 aliphatic rings. The van der Waals surface area contributed by atoms with Gasteiger partial charge >= 0.3 is 0 Å². The lowest BCUT2D eigenvalue weighted by Crippen LogP contribution is -2.31. The van der Waals surface area contributed by atoms with Gasteiger partial charge in [0, 0.05) is 19.5 Å². The fraction of sp³-hybridized carbons (Fsp3) is 0.429. The zero-order valence-electron chi connectivity index (χ0n) is 10.7. The molecule has 0 heterocycles. The lowest BCUT2D eigenvalue weighted by atomic mass is 9.96. The van der Waals surface area contributed by atoms with E-state index < -0.39 is 5.92 Å². The highest BCUT2D eigenvalue weighted by atomic mass is 19.1. The molecule has 1 unspecified atom stereocenters. The minimum Gasteiger partial charge on any atom is -0.343 e. The summed E-state index contributed by atoms with van der Waals surface area (Å²) in [5.74, 6) is -0.903. The van der Waals surface area contributed by atoms with Gasteiger partial charge in [-0.05, 0) is 31.5 Å². The van der Waals surface area contributed by atoms with E-state index in [9.17, 15) is 9.18 Å². The van der Waals surface area contributed by atoms with E-state index in [1.165, 1.54) is 12.1 Å². The summed E-state index contributed by atoms with van der Waals surface area (Å²) < 4.78 is 12.8. The van der Waals surface area contributed by atoms with Gasteiger partial charge in [0.2, 0.25) is 5.91 Å². The quantitative estimate of drug-likeness (QED) is 0.804. The van der Waals surface area contributed by atoms with E-state index in [-0.39, 0.29) is 18.1 Å². The van der Waals surface area contributed by atoms with Crippen LogP contribution in [0.1, 0.15) is 31.7 Å². The molecule has 0 saturated carbocycles. The summed E-state index contributed by atoms with van der Waals surface area (Å²) in [7, 11) is 0. The molecule has 1 atom stereocenters. The zero-order chi connectivity index (χ0) is 13.5. The third kappa shape index (κ3) is 3.56. The molecule has 0 bridgehead atoms. The fourth-order valence-electron chi connectivity index (χ4n) is 1.81. The van der Waals surface area contributed by atoms with E-state index >= 15 is 0 Å². The van der Waals surface area contributed by atoms with Crippen LogP contribution < -0.4 is 0 Å². The van der Waals surface area contributed by atoms with Crippen LogP contribution in [0.25, 0.3) is 0 Å². The Bertz CT molecular complexity index is 432. The molecule has 18 heavy (non-hydrogen) atoms. The van der Waals surface area contributed by atoms with Crippen LogP contribution in [-0.2, 0) is 4.79 Å². The maximum absolute atomic E-state index is 12.8. The van der Waals surface area contributed by atoms with E-state index in [1.807, 2.05) is 13.8 Å². The van der Waals surface area contributed by atoms with E-state index in [1.54, 1.807) is 17.0 Å². The van der Waals surface area contributed by atoms with Gasteiger partial charge in [-0.25, -0.2) is 4.39 Å². The molecule has 0 spiro atoms. The molecule has 4 heteroatoms. The van der Waals surface area contributed by atoms with Gasteiger partial charge in [0.1, 0.15) is 5.82 Å². The number of nitrogens with zero attached hydrogens (tertiary/aromatic N) is 2. The van der Waals surface area contributed by atoms with Gasteiger partial charge in [-0.2, -0.15) is 5.26 Å². The molecule has 0 radical (unpaired) electrons. The van der Waals surface area contributed by atoms with Crippen molar-refractivity contribution >= 4 is 5.91 Å². The fourth-order valence-corrected chi connectivity index (χ4v) is 1.81. The summed E-state index contributed by atoms with van der Waals surface area (Å²) in [5, 5.41) is 9.11. The van der Waals surface area contributed by atoms with Gasteiger partial charge in [0.15, 0.2) is 0 Å². The smallest absolute Gasteiger partial charge is 0.224 e. The van der Waals surface area contributed by atoms with Crippen molar-refractivity contribution in [3.05, 3.63) is 35.6 Å². The lowest BCUT2D eigenvalue weighted by Gasteiger charge is -2.20. The van der Waals surface area contributed by atoms with Gasteiger partial charge in [-0.15, -0.1) is 0 Å². The highest BCUT2D eigenvalue weighted by Gasteiger charge is 2.18. The van der Waals surface area contributed by atoms with Crippen molar-refractivity contribution < 1.29 is 9.18 Å². The number of carbonyl (C=O) groups is 1. The van der Waals surface area contributed by atoms with Crippen molar-refractivity contribution in [1.29, 1.82) is 5.26 Å². The first-order chi connectivity index (χ1) is 8.62. The topological polar surface area (TPSA) is 44.1 Å². The molecule has 1 aromatic carbocycles. The second kappa shape index (κ2) is 6.75. The highest BCUT2D eigenvalue weighted by Crippen LogP contribution is 2.20. The van der Waals surface area contributed by atoms with Gasteiger partial charge in [0.25, 0.3) is 0 Å². The normalized spacial score (nSPS) is 11.7. The summed E-state index contributed by atoms with van der Waals surface area (Å²) in [6.45, 7) is 5.08. The Hall–Kier alpha value is -1.89. The average molecular weight is 248 g/mol. The molecule has 0 N–H and O–H groups in total. The lowest BCUT2D eigenvalue weighted by molar-refractivity contribution is -0.130. The first kappa shape index (κ1) is 14.2. The van der Waals surface area contributed by atoms with Crippen LogP contribution in [0.15, 0.2) is 24.3 Å². The number of benzene rings is 1. The zero-order valence-corrected chi connectivity index (χ0v) is 10.7. The van der Waals surface area contributed by atoms with E-state index in [0.717, 1.165) is 0 Å². The number of halogens is 1. The Morgan fingerprint density at radius 1 is 1.33 bits per heavy atom. The number of hydrogen-bond acceptors (Lipinski definition) is 2. The molecule has 1 amide bonds. The Kier molecular flexibility index (Phi) is 5.31. The molecular formula is C14H17FN2O. The van der Waals surface area contributed by atoms with E-state index in [0.29, 0.717) is 18.7 Å². The Morgan fingerprint density at radius 2 is 1.89 bits per heavy atom. The number of carbonyl (C=O) groups excluding carboxylic acids is 1. The molecule has 0 aliphatic heterocycles. The first-order valence-electron chi connectivity index (χ1n) is 6.05. The molecule has 96 valence electrons. The molecule has 0 saturated heterocycles. The maximum Gasteiger partial charge on any atom is 0.224 e. The number of amides is 1. The largest absolute Gasteiger partial charge is 0.343 e. The molecule has 0 fully saturated rings. The summed E-state index contributed by atoms with van der Waals surface area (Å²) in [6, 6.07) is 7.82. The van der Waals surface area contributed by atoms with Crippen molar-refractivity contribution in [2.24, 2.45) is 0 Å². The Morgan fingerprint density at radius 3 is 2.33 bits per heavy atom. The SMILES string of the molecule is CCN(CC)C(=O)CC(C#N)c1ccc(F)cc1. The van der Waals surface area contributed by atoms with E-state index in [4.69, 9.17) is 5.26 Å². The molecule has 0 aliphatic carbocycles. The van der Waals surface area contributed by atoms with Crippen molar-refractivity contribution in [1.82, 2.24) is 4.90 Å². The molecular weight excluding hydrogens is 231 g/mol. The van der Waals surface area contributed by atoms with Crippen molar-refractivity contribution in [2.75, 3.05) is 13.1 Å². The maximum atomic E-state index is 12.8. The molecule has 1 rings (SSSR count). The van der Waals surface area contributed by atoms with Gasteiger partial charge in [-0.3, -0.25) is 4.79 Å².